The first-order chi connectivity index (χ1) is 6.06. The minimum absolute atomic E-state index is 0.111. The monoisotopic (exact) mass is 206 g/mol. The fraction of sp³-hybridized carbons (Fsp3) is 1.00. The van der Waals surface area contributed by atoms with Crippen molar-refractivity contribution in [2.24, 2.45) is 5.73 Å². The van der Waals surface area contributed by atoms with Crippen molar-refractivity contribution in [3.05, 3.63) is 0 Å². The van der Waals surface area contributed by atoms with Gasteiger partial charge in [-0.2, -0.15) is 0 Å². The molecular formula is C9H22N2OS. The number of rotatable bonds is 7. The molecule has 0 amide bonds. The van der Waals surface area contributed by atoms with Crippen molar-refractivity contribution in [1.82, 2.24) is 4.90 Å². The second-order valence-corrected chi connectivity index (χ2v) is 5.26. The fourth-order valence-corrected chi connectivity index (χ4v) is 2.31. The van der Waals surface area contributed by atoms with E-state index < -0.39 is 10.8 Å². The van der Waals surface area contributed by atoms with E-state index in [0.29, 0.717) is 5.75 Å². The van der Waals surface area contributed by atoms with Crippen molar-refractivity contribution in [2.45, 2.75) is 25.8 Å². The number of nitrogens with two attached hydrogens (primary N) is 1. The Morgan fingerprint density at radius 3 is 2.54 bits per heavy atom. The first kappa shape index (κ1) is 13.1. The van der Waals surface area contributed by atoms with Crippen LogP contribution in [0.2, 0.25) is 0 Å². The van der Waals surface area contributed by atoms with Gasteiger partial charge in [0.15, 0.2) is 0 Å². The summed E-state index contributed by atoms with van der Waals surface area (Å²) in [4.78, 5) is 2.11. The van der Waals surface area contributed by atoms with Gasteiger partial charge < -0.3 is 10.6 Å². The maximum absolute atomic E-state index is 11.4. The molecule has 0 fully saturated rings. The molecule has 80 valence electrons. The van der Waals surface area contributed by atoms with Gasteiger partial charge in [0.25, 0.3) is 0 Å². The van der Waals surface area contributed by atoms with Gasteiger partial charge in [-0.15, -0.1) is 0 Å². The van der Waals surface area contributed by atoms with Crippen LogP contribution in [0.25, 0.3) is 0 Å². The molecule has 0 aliphatic rings. The molecule has 0 aromatic heterocycles. The van der Waals surface area contributed by atoms with Gasteiger partial charge in [-0.3, -0.25) is 4.21 Å². The van der Waals surface area contributed by atoms with E-state index in [1.165, 1.54) is 0 Å². The Morgan fingerprint density at radius 2 is 2.08 bits per heavy atom. The molecule has 0 rings (SSSR count). The first-order valence-electron chi connectivity index (χ1n) is 4.81. The highest BCUT2D eigenvalue weighted by Crippen LogP contribution is 1.94. The zero-order valence-electron chi connectivity index (χ0n) is 8.95. The van der Waals surface area contributed by atoms with Gasteiger partial charge in [0.05, 0.1) is 0 Å². The minimum atomic E-state index is -0.718. The predicted octanol–water partition coefficient (Wildman–Crippen LogP) is 0.424. The van der Waals surface area contributed by atoms with Gasteiger partial charge >= 0.3 is 0 Å². The molecule has 2 N–H and O–H groups in total. The molecule has 0 aliphatic carbocycles. The Balaban J connectivity index is 3.41. The quantitative estimate of drug-likeness (QED) is 0.657. The lowest BCUT2D eigenvalue weighted by Gasteiger charge is -2.10. The molecule has 0 heterocycles. The number of hydrogen-bond acceptors (Lipinski definition) is 3. The summed E-state index contributed by atoms with van der Waals surface area (Å²) < 4.78 is 11.4. The third-order valence-electron chi connectivity index (χ3n) is 1.90. The minimum Gasteiger partial charge on any atom is -0.327 e. The lowest BCUT2D eigenvalue weighted by atomic mass is 10.3. The van der Waals surface area contributed by atoms with Crippen molar-refractivity contribution in [2.75, 3.05) is 32.1 Å². The Morgan fingerprint density at radius 1 is 1.46 bits per heavy atom. The van der Waals surface area contributed by atoms with Crippen LogP contribution in [0.3, 0.4) is 0 Å². The van der Waals surface area contributed by atoms with Crippen LogP contribution in [0.4, 0.5) is 0 Å². The molecule has 0 saturated heterocycles. The summed E-state index contributed by atoms with van der Waals surface area (Å²) in [6.07, 6.45) is 1.91. The van der Waals surface area contributed by atoms with Crippen molar-refractivity contribution >= 4 is 10.8 Å². The van der Waals surface area contributed by atoms with Crippen LogP contribution in [0.5, 0.6) is 0 Å². The summed E-state index contributed by atoms with van der Waals surface area (Å²) in [5.74, 6) is 1.44. The third kappa shape index (κ3) is 8.40. The molecule has 0 radical (unpaired) electrons. The van der Waals surface area contributed by atoms with Gasteiger partial charge in [0, 0.05) is 28.3 Å². The van der Waals surface area contributed by atoms with Crippen molar-refractivity contribution in [3.8, 4) is 0 Å². The van der Waals surface area contributed by atoms with Crippen LogP contribution in [-0.2, 0) is 10.8 Å². The molecule has 2 atom stereocenters. The fourth-order valence-electron chi connectivity index (χ4n) is 0.982. The van der Waals surface area contributed by atoms with Crippen molar-refractivity contribution in [1.29, 1.82) is 0 Å². The zero-order valence-corrected chi connectivity index (χ0v) is 9.77. The Bertz CT molecular complexity index is 151. The molecule has 3 nitrogen and oxygen atoms in total. The van der Waals surface area contributed by atoms with Gasteiger partial charge in [-0.05, 0) is 33.5 Å². The van der Waals surface area contributed by atoms with Gasteiger partial charge in [-0.1, -0.05) is 6.92 Å². The third-order valence-corrected chi connectivity index (χ3v) is 3.45. The highest BCUT2D eigenvalue weighted by Gasteiger charge is 2.05. The summed E-state index contributed by atoms with van der Waals surface area (Å²) in [7, 11) is 3.34. The Hall–Kier alpha value is 0.0700. The number of hydrogen-bond donors (Lipinski definition) is 1. The van der Waals surface area contributed by atoms with Crippen molar-refractivity contribution < 1.29 is 4.21 Å². The zero-order chi connectivity index (χ0) is 10.3. The van der Waals surface area contributed by atoms with Crippen LogP contribution in [-0.4, -0.2) is 47.3 Å². The van der Waals surface area contributed by atoms with E-state index in [9.17, 15) is 4.21 Å². The van der Waals surface area contributed by atoms with Crippen LogP contribution in [0.1, 0.15) is 19.8 Å². The van der Waals surface area contributed by atoms with E-state index in [0.717, 1.165) is 25.1 Å². The molecular weight excluding hydrogens is 184 g/mol. The molecule has 4 heteroatoms. The highest BCUT2D eigenvalue weighted by atomic mass is 32.2. The molecule has 13 heavy (non-hydrogen) atoms. The van der Waals surface area contributed by atoms with E-state index >= 15 is 0 Å². The summed E-state index contributed by atoms with van der Waals surface area (Å²) in [6.45, 7) is 3.04. The average Bonchev–Trinajstić information content (AvgIpc) is 2.03. The Kier molecular flexibility index (Phi) is 7.51. The molecule has 0 aliphatic heterocycles. The van der Waals surface area contributed by atoms with E-state index in [2.05, 4.69) is 4.90 Å². The first-order valence-corrected chi connectivity index (χ1v) is 6.30. The van der Waals surface area contributed by atoms with E-state index in [1.807, 2.05) is 21.0 Å². The number of nitrogens with zero attached hydrogens (tertiary/aromatic N) is 1. The highest BCUT2D eigenvalue weighted by molar-refractivity contribution is 7.85. The van der Waals surface area contributed by atoms with E-state index in [-0.39, 0.29) is 6.04 Å². The summed E-state index contributed by atoms with van der Waals surface area (Å²) >= 11 is 0. The topological polar surface area (TPSA) is 46.3 Å². The SMILES string of the molecule is CCC(N)CS(=O)CCCN(C)C. The lowest BCUT2D eigenvalue weighted by molar-refractivity contribution is 0.409. The standard InChI is InChI=1S/C9H22N2OS/c1-4-9(10)8-13(12)7-5-6-11(2)3/h9H,4-8,10H2,1-3H3. The van der Waals surface area contributed by atoms with Gasteiger partial charge in [0.1, 0.15) is 0 Å². The summed E-state index contributed by atoms with van der Waals surface area (Å²) in [5, 5.41) is 0. The normalized spacial score (nSPS) is 16.1. The predicted molar refractivity (Wildman–Crippen MR) is 59.3 cm³/mol. The molecule has 0 aromatic carbocycles. The van der Waals surface area contributed by atoms with E-state index in [1.54, 1.807) is 0 Å². The molecule has 0 spiro atoms. The van der Waals surface area contributed by atoms with Crippen LogP contribution in [0, 0.1) is 0 Å². The Labute approximate surface area is 84.1 Å². The maximum Gasteiger partial charge on any atom is 0.0386 e. The van der Waals surface area contributed by atoms with Crippen LogP contribution in [0.15, 0.2) is 0 Å². The molecule has 0 bridgehead atoms. The largest absolute Gasteiger partial charge is 0.327 e. The van der Waals surface area contributed by atoms with Crippen LogP contribution >= 0.6 is 0 Å². The molecule has 0 saturated carbocycles. The average molecular weight is 206 g/mol. The van der Waals surface area contributed by atoms with Gasteiger partial charge in [-0.25, -0.2) is 0 Å². The second kappa shape index (κ2) is 7.47. The second-order valence-electron chi connectivity index (χ2n) is 3.64. The smallest absolute Gasteiger partial charge is 0.0386 e. The summed E-state index contributed by atoms with van der Waals surface area (Å²) in [6, 6.07) is 0.111. The molecule has 2 unspecified atom stereocenters. The lowest BCUT2D eigenvalue weighted by Crippen LogP contribution is -2.27. The van der Waals surface area contributed by atoms with Crippen LogP contribution < -0.4 is 5.73 Å². The van der Waals surface area contributed by atoms with E-state index in [4.69, 9.17) is 5.73 Å². The summed E-state index contributed by atoms with van der Waals surface area (Å²) in [5.41, 5.74) is 5.70. The molecule has 0 aromatic rings. The van der Waals surface area contributed by atoms with Gasteiger partial charge in [0.2, 0.25) is 0 Å². The van der Waals surface area contributed by atoms with Crippen molar-refractivity contribution in [3.63, 3.8) is 0 Å². The maximum atomic E-state index is 11.4.